The highest BCUT2D eigenvalue weighted by atomic mass is 16.5. The van der Waals surface area contributed by atoms with Gasteiger partial charge in [0.25, 0.3) is 0 Å². The second-order valence-corrected chi connectivity index (χ2v) is 3.90. The van der Waals surface area contributed by atoms with Gasteiger partial charge in [0.2, 0.25) is 5.88 Å². The lowest BCUT2D eigenvalue weighted by molar-refractivity contribution is 0.301. The summed E-state index contributed by atoms with van der Waals surface area (Å²) in [6, 6.07) is 0. The van der Waals surface area contributed by atoms with Crippen LogP contribution in [0, 0.1) is 6.92 Å². The molecule has 1 rings (SSSR count). The third-order valence-corrected chi connectivity index (χ3v) is 2.44. The van der Waals surface area contributed by atoms with Gasteiger partial charge in [0.15, 0.2) is 0 Å². The summed E-state index contributed by atoms with van der Waals surface area (Å²) in [6.45, 7) is 10.2. The average Bonchev–Trinajstić information content (AvgIpc) is 2.64. The first kappa shape index (κ1) is 14.1. The zero-order valence-corrected chi connectivity index (χ0v) is 11.3. The Hall–Kier alpha value is -1.97. The number of allylic oxidation sites excluding steroid dienone is 5. The van der Waals surface area contributed by atoms with Crippen molar-refractivity contribution in [1.29, 1.82) is 0 Å². The molecule has 1 aromatic rings. The Morgan fingerprint density at radius 2 is 2.28 bits per heavy atom. The maximum Gasteiger partial charge on any atom is 0.238 e. The molecule has 0 unspecified atom stereocenters. The van der Waals surface area contributed by atoms with Crippen molar-refractivity contribution >= 4 is 11.5 Å². The van der Waals surface area contributed by atoms with Crippen molar-refractivity contribution in [2.75, 3.05) is 12.3 Å². The Balaban J connectivity index is 3.16. The predicted octanol–water partition coefficient (Wildman–Crippen LogP) is 3.17. The van der Waals surface area contributed by atoms with Crippen LogP contribution in [0.4, 0.5) is 5.82 Å². The molecule has 1 heterocycles. The first-order valence-corrected chi connectivity index (χ1v) is 6.09. The van der Waals surface area contributed by atoms with Crippen molar-refractivity contribution in [3.8, 4) is 5.88 Å². The Bertz CT molecular complexity index is 470. The molecular weight excluding hydrogens is 226 g/mol. The van der Waals surface area contributed by atoms with Gasteiger partial charge in [-0.25, -0.2) is 4.68 Å². The van der Waals surface area contributed by atoms with E-state index in [1.807, 2.05) is 32.1 Å². The molecule has 0 aliphatic carbocycles. The maximum absolute atomic E-state index is 6.05. The molecule has 0 aliphatic rings. The van der Waals surface area contributed by atoms with Gasteiger partial charge in [0.05, 0.1) is 17.9 Å². The van der Waals surface area contributed by atoms with Gasteiger partial charge < -0.3 is 10.5 Å². The molecule has 0 spiro atoms. The third kappa shape index (κ3) is 3.03. The van der Waals surface area contributed by atoms with E-state index in [9.17, 15) is 0 Å². The first-order chi connectivity index (χ1) is 8.65. The summed E-state index contributed by atoms with van der Waals surface area (Å²) in [6.07, 6.45) is 8.35. The molecule has 18 heavy (non-hydrogen) atoms. The van der Waals surface area contributed by atoms with E-state index >= 15 is 0 Å². The molecule has 0 fully saturated rings. The number of nitrogen functional groups attached to an aromatic ring is 1. The van der Waals surface area contributed by atoms with E-state index in [1.54, 1.807) is 10.8 Å². The molecule has 0 radical (unpaired) electrons. The molecule has 0 bridgehead atoms. The fourth-order valence-corrected chi connectivity index (χ4v) is 1.51. The second-order valence-electron chi connectivity index (χ2n) is 3.90. The van der Waals surface area contributed by atoms with Crippen LogP contribution in [0.15, 0.2) is 30.9 Å². The molecule has 0 saturated heterocycles. The highest BCUT2D eigenvalue weighted by Gasteiger charge is 2.14. The first-order valence-electron chi connectivity index (χ1n) is 6.09. The second kappa shape index (κ2) is 6.69. The minimum Gasteiger partial charge on any atom is -0.476 e. The van der Waals surface area contributed by atoms with Gasteiger partial charge in [-0.3, -0.25) is 0 Å². The Labute approximate surface area is 108 Å². The summed E-state index contributed by atoms with van der Waals surface area (Å²) in [4.78, 5) is 0. The maximum atomic E-state index is 6.05. The van der Waals surface area contributed by atoms with Crippen LogP contribution in [0.3, 0.4) is 0 Å². The van der Waals surface area contributed by atoms with Crippen LogP contribution >= 0.6 is 0 Å². The van der Waals surface area contributed by atoms with E-state index in [0.717, 1.165) is 17.7 Å². The van der Waals surface area contributed by atoms with E-state index < -0.39 is 0 Å². The van der Waals surface area contributed by atoms with Crippen molar-refractivity contribution in [2.45, 2.75) is 27.2 Å². The van der Waals surface area contributed by atoms with Gasteiger partial charge in [0.1, 0.15) is 5.82 Å². The number of hydrogen-bond acceptors (Lipinski definition) is 3. The van der Waals surface area contributed by atoms with Crippen molar-refractivity contribution in [3.05, 3.63) is 36.4 Å². The Morgan fingerprint density at radius 3 is 2.83 bits per heavy atom. The SMILES string of the molecule is C=C/C=C(\C=C/C)n1nc(OCCC)c(C)c1N. The quantitative estimate of drug-likeness (QED) is 0.785. The molecule has 0 amide bonds. The zero-order chi connectivity index (χ0) is 13.5. The largest absolute Gasteiger partial charge is 0.476 e. The molecule has 4 nitrogen and oxygen atoms in total. The predicted molar refractivity (Wildman–Crippen MR) is 76.4 cm³/mol. The summed E-state index contributed by atoms with van der Waals surface area (Å²) in [7, 11) is 0. The number of rotatable bonds is 6. The number of anilines is 1. The van der Waals surface area contributed by atoms with E-state index in [-0.39, 0.29) is 0 Å². The van der Waals surface area contributed by atoms with E-state index in [4.69, 9.17) is 10.5 Å². The van der Waals surface area contributed by atoms with Gasteiger partial charge in [-0.1, -0.05) is 25.7 Å². The summed E-state index contributed by atoms with van der Waals surface area (Å²) < 4.78 is 7.23. The molecule has 0 aliphatic heterocycles. The lowest BCUT2D eigenvalue weighted by Crippen LogP contribution is -2.03. The van der Waals surface area contributed by atoms with Gasteiger partial charge in [-0.2, -0.15) is 0 Å². The lowest BCUT2D eigenvalue weighted by Gasteiger charge is -2.03. The molecule has 0 aromatic carbocycles. The Kier molecular flexibility index (Phi) is 5.24. The van der Waals surface area contributed by atoms with Crippen molar-refractivity contribution < 1.29 is 4.74 Å². The fourth-order valence-electron chi connectivity index (χ4n) is 1.51. The molecule has 0 atom stereocenters. The van der Waals surface area contributed by atoms with Crippen LogP contribution in [0.2, 0.25) is 0 Å². The summed E-state index contributed by atoms with van der Waals surface area (Å²) in [5.74, 6) is 1.18. The summed E-state index contributed by atoms with van der Waals surface area (Å²) in [5.41, 5.74) is 7.77. The number of nitrogens with two attached hydrogens (primary N) is 1. The van der Waals surface area contributed by atoms with Crippen LogP contribution < -0.4 is 10.5 Å². The van der Waals surface area contributed by atoms with Crippen LogP contribution in [-0.2, 0) is 0 Å². The third-order valence-electron chi connectivity index (χ3n) is 2.44. The highest BCUT2D eigenvalue weighted by molar-refractivity contribution is 5.64. The van der Waals surface area contributed by atoms with E-state index in [2.05, 4.69) is 18.6 Å². The van der Waals surface area contributed by atoms with E-state index in [0.29, 0.717) is 18.3 Å². The number of aromatic nitrogens is 2. The van der Waals surface area contributed by atoms with Crippen LogP contribution in [0.1, 0.15) is 25.8 Å². The van der Waals surface area contributed by atoms with Crippen molar-refractivity contribution in [1.82, 2.24) is 9.78 Å². The normalized spacial score (nSPS) is 12.1. The van der Waals surface area contributed by atoms with Gasteiger partial charge >= 0.3 is 0 Å². The van der Waals surface area contributed by atoms with E-state index in [1.165, 1.54) is 0 Å². The topological polar surface area (TPSA) is 53.1 Å². The molecule has 0 saturated carbocycles. The summed E-state index contributed by atoms with van der Waals surface area (Å²) >= 11 is 0. The van der Waals surface area contributed by atoms with Crippen LogP contribution in [0.25, 0.3) is 5.70 Å². The van der Waals surface area contributed by atoms with Gasteiger partial charge in [-0.15, -0.1) is 5.10 Å². The molecule has 98 valence electrons. The minimum atomic E-state index is 0.590. The van der Waals surface area contributed by atoms with Gasteiger partial charge in [-0.05, 0) is 32.4 Å². The number of ether oxygens (including phenoxy) is 1. The smallest absolute Gasteiger partial charge is 0.238 e. The molecule has 2 N–H and O–H groups in total. The Morgan fingerprint density at radius 1 is 1.56 bits per heavy atom. The minimum absolute atomic E-state index is 0.590. The van der Waals surface area contributed by atoms with Crippen LogP contribution in [-0.4, -0.2) is 16.4 Å². The summed E-state index contributed by atoms with van der Waals surface area (Å²) in [5, 5.41) is 4.39. The van der Waals surface area contributed by atoms with Crippen molar-refractivity contribution in [2.24, 2.45) is 0 Å². The zero-order valence-electron chi connectivity index (χ0n) is 11.3. The highest BCUT2D eigenvalue weighted by Crippen LogP contribution is 2.25. The molecule has 4 heteroatoms. The standard InChI is InChI=1S/C14H21N3O/c1-5-8-12(9-6-2)17-13(15)11(4)14(16-17)18-10-7-3/h5-6,8-9H,1,7,10,15H2,2-4H3/b9-6-,12-8+. The lowest BCUT2D eigenvalue weighted by atomic mass is 10.3. The van der Waals surface area contributed by atoms with Crippen molar-refractivity contribution in [3.63, 3.8) is 0 Å². The van der Waals surface area contributed by atoms with Crippen LogP contribution in [0.5, 0.6) is 5.88 Å². The molecule has 1 aromatic heterocycles. The van der Waals surface area contributed by atoms with Gasteiger partial charge in [0, 0.05) is 0 Å². The monoisotopic (exact) mass is 247 g/mol. The average molecular weight is 247 g/mol. The number of hydrogen-bond donors (Lipinski definition) is 1. The fraction of sp³-hybridized carbons (Fsp3) is 0.357. The number of nitrogens with zero attached hydrogens (tertiary/aromatic N) is 2. The molecular formula is C14H21N3O.